The fourth-order valence-electron chi connectivity index (χ4n) is 4.40. The third-order valence-electron chi connectivity index (χ3n) is 6.70. The van der Waals surface area contributed by atoms with Crippen LogP contribution in [0.1, 0.15) is 168 Å². The van der Waals surface area contributed by atoms with Crippen molar-refractivity contribution in [2.75, 3.05) is 6.61 Å². The second-order valence-electron chi connectivity index (χ2n) is 10.4. The van der Waals surface area contributed by atoms with Gasteiger partial charge in [-0.05, 0) is 19.8 Å². The van der Waals surface area contributed by atoms with E-state index < -0.39 is 6.10 Å². The fourth-order valence-corrected chi connectivity index (χ4v) is 4.40. The summed E-state index contributed by atoms with van der Waals surface area (Å²) in [5.41, 5.74) is 0. The summed E-state index contributed by atoms with van der Waals surface area (Å²) >= 11 is 0. The van der Waals surface area contributed by atoms with Gasteiger partial charge in [0, 0.05) is 12.8 Å². The largest absolute Gasteiger partial charge is 0.462 e. The van der Waals surface area contributed by atoms with Crippen LogP contribution in [-0.2, 0) is 19.1 Å². The summed E-state index contributed by atoms with van der Waals surface area (Å²) in [5.74, 6) is -0.446. The molecule has 0 aliphatic heterocycles. The average molecular weight is 496 g/mol. The molecule has 4 nitrogen and oxygen atoms in total. The lowest BCUT2D eigenvalue weighted by Gasteiger charge is -2.13. The molecule has 0 bridgehead atoms. The maximum absolute atomic E-state index is 11.9. The van der Waals surface area contributed by atoms with Crippen molar-refractivity contribution in [3.63, 3.8) is 0 Å². The van der Waals surface area contributed by atoms with Crippen LogP contribution >= 0.6 is 0 Å². The summed E-state index contributed by atoms with van der Waals surface area (Å²) in [4.78, 5) is 23.8. The molecule has 0 rings (SSSR count). The molecule has 0 aromatic rings. The average Bonchev–Trinajstić information content (AvgIpc) is 2.84. The molecule has 0 amide bonds. The fraction of sp³-hybridized carbons (Fsp3) is 0.903. The van der Waals surface area contributed by atoms with E-state index in [-0.39, 0.29) is 18.5 Å². The number of rotatable bonds is 27. The van der Waals surface area contributed by atoms with Gasteiger partial charge in [-0.2, -0.15) is 0 Å². The molecule has 0 unspecified atom stereocenters. The van der Waals surface area contributed by atoms with Crippen molar-refractivity contribution in [2.45, 2.75) is 174 Å². The van der Waals surface area contributed by atoms with E-state index in [4.69, 9.17) is 9.47 Å². The van der Waals surface area contributed by atoms with Gasteiger partial charge in [-0.25, -0.2) is 0 Å². The Hall–Kier alpha value is -1.06. The Morgan fingerprint density at radius 2 is 0.829 bits per heavy atom. The quantitative estimate of drug-likeness (QED) is 0.0840. The van der Waals surface area contributed by atoms with Crippen LogP contribution in [0, 0.1) is 6.92 Å². The first-order valence-electron chi connectivity index (χ1n) is 15.3. The van der Waals surface area contributed by atoms with E-state index >= 15 is 0 Å². The van der Waals surface area contributed by atoms with Crippen LogP contribution in [-0.4, -0.2) is 24.6 Å². The molecule has 0 saturated heterocycles. The molecule has 1 atom stereocenters. The summed E-state index contributed by atoms with van der Waals surface area (Å²) in [6.07, 6.45) is 27.9. The van der Waals surface area contributed by atoms with Crippen LogP contribution in [0.15, 0.2) is 0 Å². The highest BCUT2D eigenvalue weighted by Gasteiger charge is 2.12. The lowest BCUT2D eigenvalue weighted by molar-refractivity contribution is -0.156. The Bertz CT molecular complexity index is 463. The van der Waals surface area contributed by atoms with Crippen molar-refractivity contribution >= 4 is 11.9 Å². The standard InChI is InChI=1S/C31H59O4/c1-4-6-8-10-12-14-16-18-20-22-24-26-30(32)34-28-29(3)35-31(33)27-25-23-21-19-17-15-13-11-9-7-5-2/h29H,3-28H2,1-2H3/t29-/m1/s1. The second kappa shape index (κ2) is 27.5. The molecule has 0 saturated carbocycles. The number of esters is 2. The third kappa shape index (κ3) is 27.4. The van der Waals surface area contributed by atoms with Gasteiger partial charge in [0.25, 0.3) is 0 Å². The predicted molar refractivity (Wildman–Crippen MR) is 148 cm³/mol. The van der Waals surface area contributed by atoms with Crippen molar-refractivity contribution in [3.05, 3.63) is 6.92 Å². The Labute approximate surface area is 218 Å². The van der Waals surface area contributed by atoms with E-state index in [1.807, 2.05) is 0 Å². The third-order valence-corrected chi connectivity index (χ3v) is 6.70. The zero-order chi connectivity index (χ0) is 25.8. The first-order chi connectivity index (χ1) is 17.1. The van der Waals surface area contributed by atoms with Gasteiger partial charge in [0.05, 0.1) is 0 Å². The van der Waals surface area contributed by atoms with Gasteiger partial charge in [0.2, 0.25) is 0 Å². The monoisotopic (exact) mass is 495 g/mol. The van der Waals surface area contributed by atoms with Crippen molar-refractivity contribution in [2.24, 2.45) is 0 Å². The molecule has 0 heterocycles. The van der Waals surface area contributed by atoms with Gasteiger partial charge in [-0.3, -0.25) is 9.59 Å². The number of carbonyl (C=O) groups is 2. The van der Waals surface area contributed by atoms with E-state index in [0.29, 0.717) is 12.8 Å². The molecule has 0 fully saturated rings. The zero-order valence-corrected chi connectivity index (χ0v) is 23.6. The molecule has 207 valence electrons. The SMILES string of the molecule is [CH2][C@H](COC(=O)CCCCCCCCCCCCC)OC(=O)CCCCCCCCCCCCC. The number of ether oxygens (including phenoxy) is 2. The molecule has 0 aromatic heterocycles. The van der Waals surface area contributed by atoms with Gasteiger partial charge in [-0.15, -0.1) is 0 Å². The number of hydrogen-bond donors (Lipinski definition) is 0. The molecule has 0 spiro atoms. The highest BCUT2D eigenvalue weighted by Crippen LogP contribution is 2.13. The molecule has 0 aliphatic carbocycles. The van der Waals surface area contributed by atoms with Crippen LogP contribution in [0.2, 0.25) is 0 Å². The van der Waals surface area contributed by atoms with Gasteiger partial charge in [-0.1, -0.05) is 142 Å². The predicted octanol–water partition coefficient (Wildman–Crippen LogP) is 9.68. The van der Waals surface area contributed by atoms with Crippen molar-refractivity contribution < 1.29 is 19.1 Å². The molecule has 35 heavy (non-hydrogen) atoms. The van der Waals surface area contributed by atoms with Crippen molar-refractivity contribution in [1.82, 2.24) is 0 Å². The minimum atomic E-state index is -0.614. The zero-order valence-electron chi connectivity index (χ0n) is 23.6. The molecular weight excluding hydrogens is 436 g/mol. The summed E-state index contributed by atoms with van der Waals surface area (Å²) in [7, 11) is 0. The lowest BCUT2D eigenvalue weighted by Crippen LogP contribution is -2.22. The van der Waals surface area contributed by atoms with Crippen LogP contribution < -0.4 is 0 Å². The van der Waals surface area contributed by atoms with Crippen LogP contribution in [0.4, 0.5) is 0 Å². The van der Waals surface area contributed by atoms with Gasteiger partial charge < -0.3 is 9.47 Å². The molecule has 0 N–H and O–H groups in total. The van der Waals surface area contributed by atoms with Gasteiger partial charge in [0.15, 0.2) is 0 Å². The van der Waals surface area contributed by atoms with Gasteiger partial charge >= 0.3 is 11.9 Å². The first-order valence-corrected chi connectivity index (χ1v) is 15.3. The Morgan fingerprint density at radius 1 is 0.514 bits per heavy atom. The van der Waals surface area contributed by atoms with Crippen molar-refractivity contribution in [1.29, 1.82) is 0 Å². The Kier molecular flexibility index (Phi) is 26.7. The van der Waals surface area contributed by atoms with Crippen LogP contribution in [0.3, 0.4) is 0 Å². The summed E-state index contributed by atoms with van der Waals surface area (Å²) in [6, 6.07) is 0. The summed E-state index contributed by atoms with van der Waals surface area (Å²) in [6.45, 7) is 8.36. The summed E-state index contributed by atoms with van der Waals surface area (Å²) < 4.78 is 10.5. The van der Waals surface area contributed by atoms with E-state index in [0.717, 1.165) is 25.7 Å². The highest BCUT2D eigenvalue weighted by atomic mass is 16.6. The molecule has 1 radical (unpaired) electrons. The minimum absolute atomic E-state index is 0.0564. The Balaban J connectivity index is 3.43. The normalized spacial score (nSPS) is 12.0. The topological polar surface area (TPSA) is 52.6 Å². The van der Waals surface area contributed by atoms with Gasteiger partial charge in [0.1, 0.15) is 12.7 Å². The molecule has 0 aromatic carbocycles. The van der Waals surface area contributed by atoms with Crippen LogP contribution in [0.25, 0.3) is 0 Å². The molecular formula is C31H59O4. The molecule has 0 aliphatic rings. The maximum atomic E-state index is 11.9. The lowest BCUT2D eigenvalue weighted by atomic mass is 10.1. The van der Waals surface area contributed by atoms with Crippen molar-refractivity contribution in [3.8, 4) is 0 Å². The first kappa shape index (κ1) is 33.9. The highest BCUT2D eigenvalue weighted by molar-refractivity contribution is 5.70. The summed E-state index contributed by atoms with van der Waals surface area (Å²) in [5, 5.41) is 0. The Morgan fingerprint density at radius 3 is 1.20 bits per heavy atom. The number of carbonyl (C=O) groups excluding carboxylic acids is 2. The second-order valence-corrected chi connectivity index (χ2v) is 10.4. The van der Waals surface area contributed by atoms with E-state index in [1.165, 1.54) is 116 Å². The number of unbranched alkanes of at least 4 members (excludes halogenated alkanes) is 20. The smallest absolute Gasteiger partial charge is 0.306 e. The van der Waals surface area contributed by atoms with E-state index in [9.17, 15) is 9.59 Å². The van der Waals surface area contributed by atoms with Crippen LogP contribution in [0.5, 0.6) is 0 Å². The maximum Gasteiger partial charge on any atom is 0.306 e. The van der Waals surface area contributed by atoms with E-state index in [1.54, 1.807) is 0 Å². The molecule has 4 heteroatoms. The van der Waals surface area contributed by atoms with E-state index in [2.05, 4.69) is 20.8 Å². The number of hydrogen-bond acceptors (Lipinski definition) is 4. The minimum Gasteiger partial charge on any atom is -0.462 e.